The number of aromatic nitrogens is 5. The van der Waals surface area contributed by atoms with Gasteiger partial charge in [-0.05, 0) is 15.9 Å². The molecule has 2 N–H and O–H groups in total. The Labute approximate surface area is 86.1 Å². The lowest BCUT2D eigenvalue weighted by atomic mass is 10.4. The van der Waals surface area contributed by atoms with E-state index >= 15 is 0 Å². The molecule has 2 rings (SSSR count). The number of nitrogens with two attached hydrogens (primary N) is 1. The van der Waals surface area contributed by atoms with Gasteiger partial charge >= 0.3 is 0 Å². The van der Waals surface area contributed by atoms with Crippen molar-refractivity contribution >= 4 is 32.6 Å². The quantitative estimate of drug-likeness (QED) is 0.816. The maximum absolute atomic E-state index is 5.46. The molecule has 0 aliphatic rings. The Hall–Kier alpha value is -1.02. The van der Waals surface area contributed by atoms with E-state index in [9.17, 15) is 0 Å². The zero-order valence-electron chi connectivity index (χ0n) is 6.60. The van der Waals surface area contributed by atoms with Gasteiger partial charge in [0.1, 0.15) is 5.69 Å². The molecule has 2 heterocycles. The highest BCUT2D eigenvalue weighted by molar-refractivity contribution is 9.10. The van der Waals surface area contributed by atoms with Crippen LogP contribution in [0, 0.1) is 0 Å². The van der Waals surface area contributed by atoms with E-state index in [0.717, 1.165) is 17.2 Å². The molecule has 8 heteroatoms. The largest absolute Gasteiger partial charge is 0.374 e. The molecule has 0 aliphatic carbocycles. The van der Waals surface area contributed by atoms with Crippen LogP contribution >= 0.6 is 27.5 Å². The number of nitrogen functional groups attached to an aromatic ring is 1. The number of hydrogen-bond acceptors (Lipinski definition) is 6. The summed E-state index contributed by atoms with van der Waals surface area (Å²) in [5.74, 6) is 0.543. The third kappa shape index (κ3) is 1.42. The fourth-order valence-corrected chi connectivity index (χ4v) is 1.84. The first-order valence-corrected chi connectivity index (χ1v) is 4.90. The molecule has 6 nitrogen and oxygen atoms in total. The molecule has 0 saturated carbocycles. The SMILES string of the molecule is Cn1nnc(Br)c1-c1nsc(N)n1. The summed E-state index contributed by atoms with van der Waals surface area (Å²) in [7, 11) is 1.77. The van der Waals surface area contributed by atoms with E-state index < -0.39 is 0 Å². The van der Waals surface area contributed by atoms with Crippen LogP contribution in [0.2, 0.25) is 0 Å². The van der Waals surface area contributed by atoms with Crippen molar-refractivity contribution in [3.63, 3.8) is 0 Å². The van der Waals surface area contributed by atoms with E-state index in [1.165, 1.54) is 0 Å². The molecular formula is C5H5BrN6S. The van der Waals surface area contributed by atoms with Crippen molar-refractivity contribution in [2.75, 3.05) is 5.73 Å². The molecule has 13 heavy (non-hydrogen) atoms. The Kier molecular flexibility index (Phi) is 2.00. The van der Waals surface area contributed by atoms with Gasteiger partial charge in [-0.1, -0.05) is 5.21 Å². The van der Waals surface area contributed by atoms with Crippen LogP contribution in [-0.2, 0) is 7.05 Å². The fourth-order valence-electron chi connectivity index (χ4n) is 0.900. The second kappa shape index (κ2) is 3.04. The van der Waals surface area contributed by atoms with Crippen LogP contribution in [0.15, 0.2) is 4.60 Å². The van der Waals surface area contributed by atoms with E-state index in [1.54, 1.807) is 11.7 Å². The summed E-state index contributed by atoms with van der Waals surface area (Å²) in [4.78, 5) is 4.03. The van der Waals surface area contributed by atoms with Crippen molar-refractivity contribution in [3.05, 3.63) is 4.60 Å². The first-order valence-electron chi connectivity index (χ1n) is 3.33. The van der Waals surface area contributed by atoms with Crippen LogP contribution in [0.4, 0.5) is 5.13 Å². The Balaban J connectivity index is 2.57. The summed E-state index contributed by atoms with van der Waals surface area (Å²) in [5, 5.41) is 8.05. The molecule has 0 aliphatic heterocycles. The summed E-state index contributed by atoms with van der Waals surface area (Å²) in [6.07, 6.45) is 0. The molecule has 0 bridgehead atoms. The number of rotatable bonds is 1. The number of aryl methyl sites for hydroxylation is 1. The third-order valence-corrected chi connectivity index (χ3v) is 2.52. The van der Waals surface area contributed by atoms with Gasteiger partial charge in [-0.2, -0.15) is 9.36 Å². The maximum atomic E-state index is 5.46. The summed E-state index contributed by atoms with van der Waals surface area (Å²) in [6.45, 7) is 0. The fraction of sp³-hybridized carbons (Fsp3) is 0.200. The summed E-state index contributed by atoms with van der Waals surface area (Å²) >= 11 is 4.40. The molecule has 68 valence electrons. The first-order chi connectivity index (χ1) is 6.18. The highest BCUT2D eigenvalue weighted by atomic mass is 79.9. The molecule has 0 atom stereocenters. The van der Waals surface area contributed by atoms with Crippen LogP contribution in [0.5, 0.6) is 0 Å². The van der Waals surface area contributed by atoms with Crippen LogP contribution < -0.4 is 5.73 Å². The van der Waals surface area contributed by atoms with Crippen LogP contribution in [0.3, 0.4) is 0 Å². The van der Waals surface area contributed by atoms with Gasteiger partial charge in [-0.25, -0.2) is 4.68 Å². The Morgan fingerprint density at radius 3 is 2.77 bits per heavy atom. The summed E-state index contributed by atoms with van der Waals surface area (Å²) in [6, 6.07) is 0. The lowest BCUT2D eigenvalue weighted by Crippen LogP contribution is -1.95. The Morgan fingerprint density at radius 1 is 1.54 bits per heavy atom. The van der Waals surface area contributed by atoms with Crippen molar-refractivity contribution in [3.8, 4) is 11.5 Å². The Bertz CT molecular complexity index is 414. The standard InChI is InChI=1S/C5H5BrN6S/c1-12-2(3(6)9-11-12)4-8-5(7)13-10-4/h1H3,(H2,7,8,10). The van der Waals surface area contributed by atoms with E-state index in [2.05, 4.69) is 35.6 Å². The van der Waals surface area contributed by atoms with E-state index in [0.29, 0.717) is 15.6 Å². The summed E-state index contributed by atoms with van der Waals surface area (Å²) in [5.41, 5.74) is 6.19. The monoisotopic (exact) mass is 260 g/mol. The minimum Gasteiger partial charge on any atom is -0.374 e. The zero-order chi connectivity index (χ0) is 9.42. The molecule has 0 fully saturated rings. The number of halogens is 1. The van der Waals surface area contributed by atoms with Crippen molar-refractivity contribution in [2.24, 2.45) is 7.05 Å². The normalized spacial score (nSPS) is 10.6. The first kappa shape index (κ1) is 8.57. The number of nitrogens with zero attached hydrogens (tertiary/aromatic N) is 5. The van der Waals surface area contributed by atoms with Crippen molar-refractivity contribution in [1.82, 2.24) is 24.4 Å². The molecule has 0 spiro atoms. The minimum atomic E-state index is 0.433. The summed E-state index contributed by atoms with van der Waals surface area (Å²) < 4.78 is 6.26. The highest BCUT2D eigenvalue weighted by Gasteiger charge is 2.14. The average molecular weight is 261 g/mol. The Morgan fingerprint density at radius 2 is 2.31 bits per heavy atom. The smallest absolute Gasteiger partial charge is 0.200 e. The predicted octanol–water partition coefficient (Wildman–Crippen LogP) is 0.678. The molecule has 0 amide bonds. The second-order valence-electron chi connectivity index (χ2n) is 2.31. The van der Waals surface area contributed by atoms with Crippen molar-refractivity contribution in [2.45, 2.75) is 0 Å². The van der Waals surface area contributed by atoms with E-state index in [4.69, 9.17) is 5.73 Å². The van der Waals surface area contributed by atoms with Gasteiger partial charge in [0.25, 0.3) is 0 Å². The lowest BCUT2D eigenvalue weighted by Gasteiger charge is -1.93. The minimum absolute atomic E-state index is 0.433. The zero-order valence-corrected chi connectivity index (χ0v) is 9.00. The van der Waals surface area contributed by atoms with Gasteiger partial charge < -0.3 is 5.73 Å². The lowest BCUT2D eigenvalue weighted by molar-refractivity contribution is 0.717. The van der Waals surface area contributed by atoms with Crippen molar-refractivity contribution < 1.29 is 0 Å². The van der Waals surface area contributed by atoms with E-state index in [-0.39, 0.29) is 0 Å². The van der Waals surface area contributed by atoms with Gasteiger partial charge in [0.2, 0.25) is 0 Å². The van der Waals surface area contributed by atoms with Gasteiger partial charge in [-0.15, -0.1) is 5.10 Å². The van der Waals surface area contributed by atoms with E-state index in [1.807, 2.05) is 0 Å². The third-order valence-electron chi connectivity index (χ3n) is 1.44. The van der Waals surface area contributed by atoms with Crippen LogP contribution in [0.25, 0.3) is 11.5 Å². The molecule has 0 radical (unpaired) electrons. The molecule has 0 saturated heterocycles. The highest BCUT2D eigenvalue weighted by Crippen LogP contribution is 2.24. The van der Waals surface area contributed by atoms with Gasteiger partial charge in [-0.3, -0.25) is 0 Å². The molecule has 2 aromatic rings. The van der Waals surface area contributed by atoms with Crippen LogP contribution in [-0.4, -0.2) is 24.4 Å². The van der Waals surface area contributed by atoms with Crippen molar-refractivity contribution in [1.29, 1.82) is 0 Å². The molecule has 0 aromatic carbocycles. The molecular weight excluding hydrogens is 256 g/mol. The molecule has 0 unspecified atom stereocenters. The van der Waals surface area contributed by atoms with Gasteiger partial charge in [0, 0.05) is 18.6 Å². The number of anilines is 1. The maximum Gasteiger partial charge on any atom is 0.200 e. The number of hydrogen-bond donors (Lipinski definition) is 1. The topological polar surface area (TPSA) is 82.5 Å². The predicted molar refractivity (Wildman–Crippen MR) is 52.0 cm³/mol. The van der Waals surface area contributed by atoms with Gasteiger partial charge in [0.05, 0.1) is 0 Å². The molecule has 2 aromatic heterocycles. The average Bonchev–Trinajstić information content (AvgIpc) is 2.60. The second-order valence-corrected chi connectivity index (χ2v) is 3.84. The van der Waals surface area contributed by atoms with Crippen LogP contribution in [0.1, 0.15) is 0 Å². The van der Waals surface area contributed by atoms with Gasteiger partial charge in [0.15, 0.2) is 15.6 Å².